The minimum atomic E-state index is 0.312. The van der Waals surface area contributed by atoms with E-state index in [1.54, 1.807) is 0 Å². The molecule has 1 aromatic rings. The number of anilines is 1. The lowest BCUT2D eigenvalue weighted by Gasteiger charge is -2.09. The van der Waals surface area contributed by atoms with Crippen LogP contribution in [0.1, 0.15) is 24.8 Å². The number of benzene rings is 1. The molecule has 0 heterocycles. The summed E-state index contributed by atoms with van der Waals surface area (Å²) in [6, 6.07) is 7.90. The summed E-state index contributed by atoms with van der Waals surface area (Å²) in [5.41, 5.74) is 7.69. The number of hydrogen-bond donors (Lipinski definition) is 2. The molecule has 2 bridgehead atoms. The van der Waals surface area contributed by atoms with Gasteiger partial charge in [0.05, 0.1) is 0 Å². The van der Waals surface area contributed by atoms with Crippen LogP contribution in [0.15, 0.2) is 24.3 Å². The Hall–Kier alpha value is -1.51. The molecular weight excluding hydrogens is 248 g/mol. The second-order valence-corrected chi connectivity index (χ2v) is 6.80. The number of hydrogen-bond acceptors (Lipinski definition) is 2. The highest BCUT2D eigenvalue weighted by Crippen LogP contribution is 2.69. The van der Waals surface area contributed by atoms with E-state index in [4.69, 9.17) is 5.73 Å². The summed E-state index contributed by atoms with van der Waals surface area (Å²) in [7, 11) is 0. The first-order valence-corrected chi connectivity index (χ1v) is 7.86. The van der Waals surface area contributed by atoms with Gasteiger partial charge in [0.15, 0.2) is 0 Å². The van der Waals surface area contributed by atoms with Crippen molar-refractivity contribution in [1.82, 2.24) is 5.32 Å². The molecule has 20 heavy (non-hydrogen) atoms. The van der Waals surface area contributed by atoms with Crippen LogP contribution in [0.25, 0.3) is 0 Å². The Labute approximate surface area is 119 Å². The standard InChI is InChI=1S/C17H22N2O/c18-13-5-1-10(2-6-13)7-8-19-17(20)16-14-11-3-4-12(9-11)15(14)16/h1-2,5-6,11-12,14-16H,3-4,7-9,18H2,(H,19,20). The molecule has 3 aliphatic carbocycles. The van der Waals surface area contributed by atoms with Crippen molar-refractivity contribution in [3.63, 3.8) is 0 Å². The Balaban J connectivity index is 1.27. The van der Waals surface area contributed by atoms with Crippen molar-refractivity contribution in [1.29, 1.82) is 0 Å². The molecule has 3 saturated carbocycles. The number of carbonyl (C=O) groups excluding carboxylic acids is 1. The van der Waals surface area contributed by atoms with Gasteiger partial charge >= 0.3 is 0 Å². The van der Waals surface area contributed by atoms with Crippen LogP contribution in [-0.4, -0.2) is 12.5 Å². The quantitative estimate of drug-likeness (QED) is 0.824. The number of amides is 1. The van der Waals surface area contributed by atoms with Crippen molar-refractivity contribution >= 4 is 11.6 Å². The van der Waals surface area contributed by atoms with Gasteiger partial charge in [0.2, 0.25) is 5.91 Å². The number of rotatable bonds is 4. The van der Waals surface area contributed by atoms with E-state index >= 15 is 0 Å². The molecule has 106 valence electrons. The average Bonchev–Trinajstić information content (AvgIpc) is 2.90. The van der Waals surface area contributed by atoms with Gasteiger partial charge < -0.3 is 11.1 Å². The van der Waals surface area contributed by atoms with Crippen LogP contribution in [0.5, 0.6) is 0 Å². The van der Waals surface area contributed by atoms with Crippen molar-refractivity contribution in [2.24, 2.45) is 29.6 Å². The highest BCUT2D eigenvalue weighted by molar-refractivity contribution is 5.82. The molecule has 1 aromatic carbocycles. The zero-order valence-corrected chi connectivity index (χ0v) is 11.7. The minimum Gasteiger partial charge on any atom is -0.399 e. The Morgan fingerprint density at radius 3 is 2.45 bits per heavy atom. The third-order valence-corrected chi connectivity index (χ3v) is 5.73. The first-order valence-electron chi connectivity index (χ1n) is 7.86. The fourth-order valence-corrected chi connectivity index (χ4v) is 4.81. The van der Waals surface area contributed by atoms with E-state index in [0.29, 0.717) is 11.8 Å². The molecule has 0 saturated heterocycles. The maximum absolute atomic E-state index is 12.3. The molecule has 3 N–H and O–H groups in total. The second kappa shape index (κ2) is 4.51. The van der Waals surface area contributed by atoms with Crippen molar-refractivity contribution in [2.75, 3.05) is 12.3 Å². The van der Waals surface area contributed by atoms with Crippen LogP contribution >= 0.6 is 0 Å². The maximum Gasteiger partial charge on any atom is 0.223 e. The number of nitrogen functional groups attached to an aromatic ring is 1. The summed E-state index contributed by atoms with van der Waals surface area (Å²) in [5.74, 6) is 3.89. The van der Waals surface area contributed by atoms with Crippen LogP contribution in [0.2, 0.25) is 0 Å². The van der Waals surface area contributed by atoms with Gasteiger partial charge in [-0.05, 0) is 67.1 Å². The molecule has 4 unspecified atom stereocenters. The zero-order valence-electron chi connectivity index (χ0n) is 11.7. The fourth-order valence-electron chi connectivity index (χ4n) is 4.81. The number of carbonyl (C=O) groups is 1. The van der Waals surface area contributed by atoms with E-state index in [2.05, 4.69) is 5.32 Å². The molecular formula is C17H22N2O. The number of nitrogens with two attached hydrogens (primary N) is 1. The highest BCUT2D eigenvalue weighted by Gasteiger charge is 2.67. The van der Waals surface area contributed by atoms with Gasteiger partial charge in [0, 0.05) is 18.2 Å². The lowest BCUT2D eigenvalue weighted by Crippen LogP contribution is -2.29. The van der Waals surface area contributed by atoms with Crippen LogP contribution in [0, 0.1) is 29.6 Å². The predicted molar refractivity (Wildman–Crippen MR) is 78.9 cm³/mol. The molecule has 3 nitrogen and oxygen atoms in total. The molecule has 1 amide bonds. The van der Waals surface area contributed by atoms with Gasteiger partial charge in [-0.1, -0.05) is 12.1 Å². The first-order chi connectivity index (χ1) is 9.74. The predicted octanol–water partition coefficient (Wildman–Crippen LogP) is 2.22. The first kappa shape index (κ1) is 12.2. The fraction of sp³-hybridized carbons (Fsp3) is 0.588. The number of fused-ring (bicyclic) bond motifs is 5. The molecule has 3 fully saturated rings. The van der Waals surface area contributed by atoms with Crippen LogP contribution in [-0.2, 0) is 11.2 Å². The summed E-state index contributed by atoms with van der Waals surface area (Å²) >= 11 is 0. The molecule has 0 aromatic heterocycles. The molecule has 3 heteroatoms. The normalized spacial score (nSPS) is 36.7. The van der Waals surface area contributed by atoms with Gasteiger partial charge in [-0.25, -0.2) is 0 Å². The zero-order chi connectivity index (χ0) is 13.7. The van der Waals surface area contributed by atoms with Gasteiger partial charge in [-0.2, -0.15) is 0 Å². The van der Waals surface area contributed by atoms with Gasteiger partial charge in [0.1, 0.15) is 0 Å². The monoisotopic (exact) mass is 270 g/mol. The third kappa shape index (κ3) is 1.91. The van der Waals surface area contributed by atoms with Gasteiger partial charge in [-0.15, -0.1) is 0 Å². The third-order valence-electron chi connectivity index (χ3n) is 5.73. The SMILES string of the molecule is Nc1ccc(CCNC(=O)C2C3C4CCC(C4)C23)cc1. The summed E-state index contributed by atoms with van der Waals surface area (Å²) in [6.07, 6.45) is 5.05. The molecule has 4 atom stereocenters. The molecule has 4 rings (SSSR count). The molecule has 0 radical (unpaired) electrons. The van der Waals surface area contributed by atoms with E-state index in [-0.39, 0.29) is 0 Å². The Morgan fingerprint density at radius 1 is 1.15 bits per heavy atom. The lowest BCUT2D eigenvalue weighted by molar-refractivity contribution is -0.123. The summed E-state index contributed by atoms with van der Waals surface area (Å²) in [5, 5.41) is 3.14. The van der Waals surface area contributed by atoms with E-state index < -0.39 is 0 Å². The smallest absolute Gasteiger partial charge is 0.223 e. The largest absolute Gasteiger partial charge is 0.399 e. The van der Waals surface area contributed by atoms with E-state index in [0.717, 1.165) is 42.3 Å². The van der Waals surface area contributed by atoms with Crippen molar-refractivity contribution in [3.8, 4) is 0 Å². The minimum absolute atomic E-state index is 0.312. The molecule has 3 aliphatic rings. The van der Waals surface area contributed by atoms with Crippen molar-refractivity contribution in [3.05, 3.63) is 29.8 Å². The number of nitrogens with one attached hydrogen (secondary N) is 1. The van der Waals surface area contributed by atoms with E-state index in [9.17, 15) is 4.79 Å². The van der Waals surface area contributed by atoms with Crippen LogP contribution < -0.4 is 11.1 Å². The Morgan fingerprint density at radius 2 is 1.80 bits per heavy atom. The van der Waals surface area contributed by atoms with Gasteiger partial charge in [-0.3, -0.25) is 4.79 Å². The van der Waals surface area contributed by atoms with E-state index in [1.807, 2.05) is 24.3 Å². The lowest BCUT2D eigenvalue weighted by atomic mass is 10.0. The van der Waals surface area contributed by atoms with Crippen LogP contribution in [0.4, 0.5) is 5.69 Å². The van der Waals surface area contributed by atoms with Gasteiger partial charge in [0.25, 0.3) is 0 Å². The van der Waals surface area contributed by atoms with Crippen molar-refractivity contribution in [2.45, 2.75) is 25.7 Å². The Bertz CT molecular complexity index is 508. The summed E-state index contributed by atoms with van der Waals surface area (Å²) < 4.78 is 0. The maximum atomic E-state index is 12.3. The molecule has 0 spiro atoms. The second-order valence-electron chi connectivity index (χ2n) is 6.80. The van der Waals surface area contributed by atoms with Crippen LogP contribution in [0.3, 0.4) is 0 Å². The van der Waals surface area contributed by atoms with E-state index in [1.165, 1.54) is 24.8 Å². The topological polar surface area (TPSA) is 55.1 Å². The highest BCUT2D eigenvalue weighted by atomic mass is 16.2. The summed E-state index contributed by atoms with van der Waals surface area (Å²) in [6.45, 7) is 0.744. The van der Waals surface area contributed by atoms with Crippen molar-refractivity contribution < 1.29 is 4.79 Å². The average molecular weight is 270 g/mol. The molecule has 0 aliphatic heterocycles. The Kier molecular flexibility index (Phi) is 2.76. The summed E-state index contributed by atoms with van der Waals surface area (Å²) in [4.78, 5) is 12.3.